The van der Waals surface area contributed by atoms with Crippen molar-refractivity contribution in [2.75, 3.05) is 13.2 Å². The molecular formula is C20H28O4. The van der Waals surface area contributed by atoms with E-state index in [9.17, 15) is 9.59 Å². The highest BCUT2D eigenvalue weighted by Crippen LogP contribution is 2.30. The Bertz CT molecular complexity index is 554. The lowest BCUT2D eigenvalue weighted by Gasteiger charge is -2.21. The Morgan fingerprint density at radius 3 is 2.54 bits per heavy atom. The molecular weight excluding hydrogens is 304 g/mol. The van der Waals surface area contributed by atoms with Crippen LogP contribution in [0, 0.1) is 0 Å². The van der Waals surface area contributed by atoms with Crippen LogP contribution in [0.15, 0.2) is 24.3 Å². The molecule has 0 heterocycles. The highest BCUT2D eigenvalue weighted by molar-refractivity contribution is 5.80. The van der Waals surface area contributed by atoms with Gasteiger partial charge in [-0.05, 0) is 57.1 Å². The number of carbonyl (C=O) groups excluding carboxylic acids is 2. The fourth-order valence-corrected chi connectivity index (χ4v) is 2.98. The summed E-state index contributed by atoms with van der Waals surface area (Å²) in [5.74, 6) is 0.425. The summed E-state index contributed by atoms with van der Waals surface area (Å²) in [4.78, 5) is 23.1. The van der Waals surface area contributed by atoms with E-state index >= 15 is 0 Å². The fraction of sp³-hybridized carbons (Fsp3) is 0.600. The van der Waals surface area contributed by atoms with Crippen molar-refractivity contribution in [2.45, 2.75) is 64.4 Å². The Morgan fingerprint density at radius 1 is 1.21 bits per heavy atom. The second kappa shape index (κ2) is 8.43. The van der Waals surface area contributed by atoms with Crippen LogP contribution >= 0.6 is 0 Å². The Labute approximate surface area is 144 Å². The van der Waals surface area contributed by atoms with Gasteiger partial charge in [-0.3, -0.25) is 4.79 Å². The van der Waals surface area contributed by atoms with E-state index in [2.05, 4.69) is 24.3 Å². The normalized spacial score (nSPS) is 18.5. The number of hydrogen-bond donors (Lipinski definition) is 0. The van der Waals surface area contributed by atoms with Crippen molar-refractivity contribution in [1.29, 1.82) is 0 Å². The number of hydrogen-bond acceptors (Lipinski definition) is 4. The van der Waals surface area contributed by atoms with Crippen molar-refractivity contribution in [1.82, 2.24) is 0 Å². The Balaban J connectivity index is 1.72. The van der Waals surface area contributed by atoms with Gasteiger partial charge in [-0.1, -0.05) is 24.3 Å². The Hall–Kier alpha value is -1.68. The lowest BCUT2D eigenvalue weighted by atomic mass is 9.83. The van der Waals surface area contributed by atoms with E-state index in [4.69, 9.17) is 9.47 Å². The van der Waals surface area contributed by atoms with Crippen molar-refractivity contribution in [3.63, 3.8) is 0 Å². The van der Waals surface area contributed by atoms with Gasteiger partial charge in [-0.25, -0.2) is 4.79 Å². The SMILES string of the molecule is CC(C)(C)OC(=O)COCCc1ccc(C2CCCC(=O)C2)cc1. The lowest BCUT2D eigenvalue weighted by molar-refractivity contribution is -0.160. The molecule has 0 amide bonds. The first kappa shape index (κ1) is 18.7. The third kappa shape index (κ3) is 6.44. The first-order valence-corrected chi connectivity index (χ1v) is 8.73. The molecule has 0 saturated heterocycles. The van der Waals surface area contributed by atoms with E-state index in [1.165, 1.54) is 11.1 Å². The zero-order valence-corrected chi connectivity index (χ0v) is 15.0. The summed E-state index contributed by atoms with van der Waals surface area (Å²) in [5, 5.41) is 0. The summed E-state index contributed by atoms with van der Waals surface area (Å²) in [6.45, 7) is 5.99. The van der Waals surface area contributed by atoms with Gasteiger partial charge in [0.2, 0.25) is 0 Å². The standard InChI is InChI=1S/C20H28O4/c1-20(2,3)24-19(22)14-23-12-11-15-7-9-16(10-8-15)17-5-4-6-18(21)13-17/h7-10,17H,4-6,11-14H2,1-3H3. The van der Waals surface area contributed by atoms with Gasteiger partial charge in [-0.2, -0.15) is 0 Å². The highest BCUT2D eigenvalue weighted by Gasteiger charge is 2.20. The van der Waals surface area contributed by atoms with Crippen LogP contribution in [0.25, 0.3) is 0 Å². The molecule has 1 aliphatic carbocycles. The van der Waals surface area contributed by atoms with E-state index in [0.717, 1.165) is 25.7 Å². The van der Waals surface area contributed by atoms with Crippen molar-refractivity contribution in [3.8, 4) is 0 Å². The number of rotatable bonds is 6. The maximum absolute atomic E-state index is 11.6. The molecule has 0 N–H and O–H groups in total. The van der Waals surface area contributed by atoms with Gasteiger partial charge < -0.3 is 9.47 Å². The van der Waals surface area contributed by atoms with Crippen LogP contribution in [0.3, 0.4) is 0 Å². The molecule has 0 bridgehead atoms. The van der Waals surface area contributed by atoms with E-state index in [-0.39, 0.29) is 12.6 Å². The maximum atomic E-state index is 11.6. The number of benzene rings is 1. The van der Waals surface area contributed by atoms with Crippen LogP contribution < -0.4 is 0 Å². The molecule has 0 aromatic heterocycles. The third-order valence-corrected chi connectivity index (χ3v) is 4.11. The van der Waals surface area contributed by atoms with Crippen LogP contribution in [-0.2, 0) is 25.5 Å². The second-order valence-corrected chi connectivity index (χ2v) is 7.46. The average Bonchev–Trinajstić information content (AvgIpc) is 2.50. The molecule has 4 nitrogen and oxygen atoms in total. The van der Waals surface area contributed by atoms with Gasteiger partial charge in [0.05, 0.1) is 6.61 Å². The molecule has 0 spiro atoms. The van der Waals surface area contributed by atoms with Crippen LogP contribution in [0.4, 0.5) is 0 Å². The molecule has 1 aliphatic rings. The monoisotopic (exact) mass is 332 g/mol. The van der Waals surface area contributed by atoms with Crippen LogP contribution in [0.1, 0.15) is 63.5 Å². The topological polar surface area (TPSA) is 52.6 Å². The summed E-state index contributed by atoms with van der Waals surface area (Å²) < 4.78 is 10.6. The quantitative estimate of drug-likeness (QED) is 0.587. The minimum absolute atomic E-state index is 0.0143. The van der Waals surface area contributed by atoms with Crippen molar-refractivity contribution in [3.05, 3.63) is 35.4 Å². The molecule has 132 valence electrons. The number of ether oxygens (including phenoxy) is 2. The number of Topliss-reactive ketones (excluding diaryl/α,β-unsaturated/α-hetero) is 1. The number of ketones is 1. The second-order valence-electron chi connectivity index (χ2n) is 7.46. The summed E-state index contributed by atoms with van der Waals surface area (Å²) in [6.07, 6.45) is 4.28. The molecule has 24 heavy (non-hydrogen) atoms. The first-order valence-electron chi connectivity index (χ1n) is 8.73. The van der Waals surface area contributed by atoms with Crippen molar-refractivity contribution in [2.24, 2.45) is 0 Å². The summed E-state index contributed by atoms with van der Waals surface area (Å²) in [6, 6.07) is 8.41. The predicted molar refractivity (Wildman–Crippen MR) is 93.0 cm³/mol. The average molecular weight is 332 g/mol. The predicted octanol–water partition coefficient (Wildman–Crippen LogP) is 3.81. The minimum atomic E-state index is -0.475. The van der Waals surface area contributed by atoms with Gasteiger partial charge in [0.15, 0.2) is 0 Å². The van der Waals surface area contributed by atoms with Gasteiger partial charge in [0.25, 0.3) is 0 Å². The summed E-state index contributed by atoms with van der Waals surface area (Å²) in [5.41, 5.74) is 1.95. The molecule has 1 unspecified atom stereocenters. The molecule has 1 aromatic carbocycles. The first-order chi connectivity index (χ1) is 11.3. The lowest BCUT2D eigenvalue weighted by Crippen LogP contribution is -2.26. The fourth-order valence-electron chi connectivity index (χ4n) is 2.98. The van der Waals surface area contributed by atoms with Gasteiger partial charge in [-0.15, -0.1) is 0 Å². The highest BCUT2D eigenvalue weighted by atomic mass is 16.6. The van der Waals surface area contributed by atoms with E-state index < -0.39 is 5.60 Å². The number of esters is 1. The van der Waals surface area contributed by atoms with Crippen molar-refractivity contribution < 1.29 is 19.1 Å². The smallest absolute Gasteiger partial charge is 0.332 e. The molecule has 0 radical (unpaired) electrons. The summed E-state index contributed by atoms with van der Waals surface area (Å²) in [7, 11) is 0. The van der Waals surface area contributed by atoms with Crippen LogP contribution in [0.2, 0.25) is 0 Å². The minimum Gasteiger partial charge on any atom is -0.458 e. The van der Waals surface area contributed by atoms with E-state index in [1.807, 2.05) is 20.8 Å². The van der Waals surface area contributed by atoms with Crippen LogP contribution in [-0.4, -0.2) is 30.6 Å². The molecule has 2 rings (SSSR count). The molecule has 1 atom stereocenters. The van der Waals surface area contributed by atoms with Crippen molar-refractivity contribution >= 4 is 11.8 Å². The van der Waals surface area contributed by atoms with Gasteiger partial charge in [0.1, 0.15) is 18.0 Å². The van der Waals surface area contributed by atoms with E-state index in [1.54, 1.807) is 0 Å². The Kier molecular flexibility index (Phi) is 6.55. The third-order valence-electron chi connectivity index (χ3n) is 4.11. The molecule has 1 saturated carbocycles. The zero-order chi connectivity index (χ0) is 17.6. The molecule has 1 aromatic rings. The van der Waals surface area contributed by atoms with E-state index in [0.29, 0.717) is 24.7 Å². The molecule has 1 fully saturated rings. The zero-order valence-electron chi connectivity index (χ0n) is 15.0. The van der Waals surface area contributed by atoms with Gasteiger partial charge in [0, 0.05) is 12.8 Å². The van der Waals surface area contributed by atoms with Gasteiger partial charge >= 0.3 is 5.97 Å². The Morgan fingerprint density at radius 2 is 1.92 bits per heavy atom. The largest absolute Gasteiger partial charge is 0.458 e. The molecule has 4 heteroatoms. The summed E-state index contributed by atoms with van der Waals surface area (Å²) >= 11 is 0. The number of carbonyl (C=O) groups is 2. The molecule has 0 aliphatic heterocycles. The maximum Gasteiger partial charge on any atom is 0.332 e. The van der Waals surface area contributed by atoms with Crippen LogP contribution in [0.5, 0.6) is 0 Å².